The van der Waals surface area contributed by atoms with Crippen LogP contribution in [0, 0.1) is 6.92 Å². The second-order valence-electron chi connectivity index (χ2n) is 9.45. The molecule has 0 amide bonds. The molecule has 10 heteroatoms. The van der Waals surface area contributed by atoms with Crippen molar-refractivity contribution in [2.45, 2.75) is 18.0 Å². The van der Waals surface area contributed by atoms with Crippen LogP contribution in [0.2, 0.25) is 0 Å². The van der Waals surface area contributed by atoms with Gasteiger partial charge in [-0.2, -0.15) is 13.2 Å². The lowest BCUT2D eigenvalue weighted by Crippen LogP contribution is -2.12. The lowest BCUT2D eigenvalue weighted by Gasteiger charge is -2.12. The predicted molar refractivity (Wildman–Crippen MR) is 147 cm³/mol. The Kier molecular flexibility index (Phi) is 5.88. The average Bonchev–Trinajstić information content (AvgIpc) is 3.57. The van der Waals surface area contributed by atoms with Crippen molar-refractivity contribution in [1.29, 1.82) is 0 Å². The number of aldehydes is 1. The van der Waals surface area contributed by atoms with Crippen LogP contribution in [0.25, 0.3) is 44.2 Å². The lowest BCUT2D eigenvalue weighted by atomic mass is 9.98. The number of nitrogens with one attached hydrogen (secondary N) is 1. The van der Waals surface area contributed by atoms with E-state index >= 15 is 0 Å². The summed E-state index contributed by atoms with van der Waals surface area (Å²) in [5.41, 5.74) is 2.18. The Labute approximate surface area is 226 Å². The fourth-order valence-electron chi connectivity index (χ4n) is 4.78. The molecule has 6 aromatic rings. The summed E-state index contributed by atoms with van der Waals surface area (Å²) in [6.45, 7) is 1.85. The van der Waals surface area contributed by atoms with E-state index in [-0.39, 0.29) is 22.4 Å². The summed E-state index contributed by atoms with van der Waals surface area (Å²) in [6.07, 6.45) is 0.0476. The second-order valence-corrected chi connectivity index (χ2v) is 11.3. The van der Waals surface area contributed by atoms with Crippen LogP contribution in [-0.2, 0) is 16.2 Å². The molecule has 0 aliphatic carbocycles. The number of halogens is 3. The average molecular weight is 560 g/mol. The summed E-state index contributed by atoms with van der Waals surface area (Å²) in [4.78, 5) is 18.9. The van der Waals surface area contributed by atoms with E-state index in [4.69, 9.17) is 0 Å². The van der Waals surface area contributed by atoms with Crippen LogP contribution in [0.4, 0.5) is 13.2 Å². The monoisotopic (exact) mass is 559 g/mol. The Morgan fingerprint density at radius 2 is 1.65 bits per heavy atom. The second kappa shape index (κ2) is 9.20. The van der Waals surface area contributed by atoms with Crippen molar-refractivity contribution in [3.63, 3.8) is 0 Å². The topological polar surface area (TPSA) is 84.8 Å². The Morgan fingerprint density at radius 1 is 0.900 bits per heavy atom. The van der Waals surface area contributed by atoms with E-state index in [0.717, 1.165) is 32.6 Å². The van der Waals surface area contributed by atoms with E-state index < -0.39 is 27.3 Å². The van der Waals surface area contributed by atoms with Gasteiger partial charge in [0.15, 0.2) is 11.9 Å². The van der Waals surface area contributed by atoms with Gasteiger partial charge in [-0.25, -0.2) is 17.4 Å². The van der Waals surface area contributed by atoms with Crippen molar-refractivity contribution in [2.24, 2.45) is 0 Å². The molecule has 1 N–H and O–H groups in total. The third-order valence-corrected chi connectivity index (χ3v) is 8.54. The first-order valence-corrected chi connectivity index (χ1v) is 13.6. The van der Waals surface area contributed by atoms with E-state index in [1.165, 1.54) is 30.6 Å². The van der Waals surface area contributed by atoms with Crippen molar-refractivity contribution in [3.05, 3.63) is 108 Å². The molecule has 200 valence electrons. The van der Waals surface area contributed by atoms with E-state index in [1.54, 1.807) is 24.4 Å². The summed E-state index contributed by atoms with van der Waals surface area (Å²) in [5.74, 6) is 0. The molecule has 6 rings (SSSR count). The standard InChI is InChI=1S/C30H20F3N3O3S/c1-18-2-7-24(8-3-18)40(38,39)36-16-26(20-6-9-28-21(12-20)10-11-34-28)25-13-23(15-35-29(25)36)19-4-5-22(17-37)27(14-19)30(31,32)33/h2-17,34H,1H3. The van der Waals surface area contributed by atoms with Gasteiger partial charge in [0.1, 0.15) is 0 Å². The van der Waals surface area contributed by atoms with Crippen molar-refractivity contribution >= 4 is 38.2 Å². The first-order valence-electron chi connectivity index (χ1n) is 12.1. The fourth-order valence-corrected chi connectivity index (χ4v) is 6.10. The molecule has 0 saturated carbocycles. The smallest absolute Gasteiger partial charge is 0.361 e. The summed E-state index contributed by atoms with van der Waals surface area (Å²) < 4.78 is 69.5. The number of hydrogen-bond acceptors (Lipinski definition) is 4. The predicted octanol–water partition coefficient (Wildman–Crippen LogP) is 7.23. The van der Waals surface area contributed by atoms with Crippen molar-refractivity contribution < 1.29 is 26.4 Å². The van der Waals surface area contributed by atoms with E-state index in [2.05, 4.69) is 9.97 Å². The third kappa shape index (κ3) is 4.26. The number of H-pyrrole nitrogens is 1. The van der Waals surface area contributed by atoms with Crippen LogP contribution in [0.5, 0.6) is 0 Å². The number of aryl methyl sites for hydroxylation is 1. The largest absolute Gasteiger partial charge is 0.417 e. The number of aromatic nitrogens is 3. The summed E-state index contributed by atoms with van der Waals surface area (Å²) >= 11 is 0. The molecule has 0 atom stereocenters. The first-order chi connectivity index (χ1) is 19.1. The number of pyridine rings is 1. The van der Waals surface area contributed by atoms with Gasteiger partial charge in [-0.1, -0.05) is 35.9 Å². The van der Waals surface area contributed by atoms with E-state index in [9.17, 15) is 26.4 Å². The third-order valence-electron chi connectivity index (χ3n) is 6.87. The molecule has 0 aliphatic rings. The van der Waals surface area contributed by atoms with Crippen molar-refractivity contribution in [3.8, 4) is 22.3 Å². The Morgan fingerprint density at radius 3 is 2.38 bits per heavy atom. The molecule has 0 radical (unpaired) electrons. The van der Waals surface area contributed by atoms with Crippen LogP contribution >= 0.6 is 0 Å². The SMILES string of the molecule is Cc1ccc(S(=O)(=O)n2cc(-c3ccc4[nH]ccc4c3)c3cc(-c4ccc(C=O)c(C(F)(F)F)c4)cnc32)cc1. The summed E-state index contributed by atoms with van der Waals surface area (Å²) in [7, 11) is -4.05. The maximum absolute atomic E-state index is 13.7. The highest BCUT2D eigenvalue weighted by Crippen LogP contribution is 2.38. The van der Waals surface area contributed by atoms with Crippen LogP contribution in [-0.4, -0.2) is 28.6 Å². The highest BCUT2D eigenvalue weighted by molar-refractivity contribution is 7.90. The number of carbonyl (C=O) groups excluding carboxylic acids is 1. The molecule has 0 aliphatic heterocycles. The van der Waals surface area contributed by atoms with Gasteiger partial charge in [-0.3, -0.25) is 4.79 Å². The molecular weight excluding hydrogens is 539 g/mol. The summed E-state index contributed by atoms with van der Waals surface area (Å²) in [6, 6.07) is 19.0. The number of carbonyl (C=O) groups is 1. The first kappa shape index (κ1) is 25.6. The van der Waals surface area contributed by atoms with Crippen LogP contribution in [0.15, 0.2) is 96.3 Å². The van der Waals surface area contributed by atoms with Gasteiger partial charge in [0.25, 0.3) is 10.0 Å². The van der Waals surface area contributed by atoms with E-state index in [0.29, 0.717) is 22.1 Å². The normalized spacial score (nSPS) is 12.3. The number of rotatable bonds is 5. The molecule has 40 heavy (non-hydrogen) atoms. The number of benzene rings is 3. The van der Waals surface area contributed by atoms with E-state index in [1.807, 2.05) is 31.2 Å². The maximum Gasteiger partial charge on any atom is 0.417 e. The Hall–Kier alpha value is -4.70. The lowest BCUT2D eigenvalue weighted by molar-refractivity contribution is -0.137. The quantitative estimate of drug-likeness (QED) is 0.226. The zero-order chi connectivity index (χ0) is 28.2. The Bertz CT molecular complexity index is 2040. The minimum atomic E-state index is -4.73. The number of nitrogens with zero attached hydrogens (tertiary/aromatic N) is 2. The molecular formula is C30H20F3N3O3S. The minimum Gasteiger partial charge on any atom is -0.361 e. The van der Waals surface area contributed by atoms with Gasteiger partial charge >= 0.3 is 6.18 Å². The molecule has 0 fully saturated rings. The molecule has 0 bridgehead atoms. The molecule has 6 nitrogen and oxygen atoms in total. The van der Waals surface area contributed by atoms with Crippen LogP contribution in [0.1, 0.15) is 21.5 Å². The van der Waals surface area contributed by atoms with Gasteiger partial charge in [-0.05, 0) is 65.9 Å². The van der Waals surface area contributed by atoms with Gasteiger partial charge in [0.05, 0.1) is 10.5 Å². The van der Waals surface area contributed by atoms with Gasteiger partial charge in [0.2, 0.25) is 0 Å². The maximum atomic E-state index is 13.7. The molecule has 3 heterocycles. The highest BCUT2D eigenvalue weighted by Gasteiger charge is 2.33. The number of aromatic amines is 1. The van der Waals surface area contributed by atoms with Crippen LogP contribution in [0.3, 0.4) is 0 Å². The molecule has 0 spiro atoms. The highest BCUT2D eigenvalue weighted by atomic mass is 32.2. The Balaban J connectivity index is 1.60. The zero-order valence-electron chi connectivity index (χ0n) is 20.9. The molecule has 3 aromatic carbocycles. The fraction of sp³-hybridized carbons (Fsp3) is 0.0667. The zero-order valence-corrected chi connectivity index (χ0v) is 21.7. The van der Waals surface area contributed by atoms with Gasteiger partial charge in [0, 0.05) is 46.2 Å². The van der Waals surface area contributed by atoms with Crippen molar-refractivity contribution in [2.75, 3.05) is 0 Å². The van der Waals surface area contributed by atoms with Gasteiger partial charge in [-0.15, -0.1) is 0 Å². The summed E-state index contributed by atoms with van der Waals surface area (Å²) in [5, 5.41) is 1.35. The van der Waals surface area contributed by atoms with Gasteiger partial charge < -0.3 is 4.98 Å². The number of hydrogen-bond donors (Lipinski definition) is 1. The molecule has 3 aromatic heterocycles. The minimum absolute atomic E-state index is 0.0767. The number of fused-ring (bicyclic) bond motifs is 2. The molecule has 0 unspecified atom stereocenters. The number of alkyl halides is 3. The van der Waals surface area contributed by atoms with Crippen molar-refractivity contribution in [1.82, 2.24) is 13.9 Å². The molecule has 0 saturated heterocycles. The van der Waals surface area contributed by atoms with Crippen LogP contribution < -0.4 is 0 Å².